The van der Waals surface area contributed by atoms with Crippen LogP contribution in [-0.4, -0.2) is 85.7 Å². The van der Waals surface area contributed by atoms with Crippen molar-refractivity contribution in [2.75, 3.05) is 50.5 Å². The molecule has 4 aromatic heterocycles. The lowest BCUT2D eigenvalue weighted by atomic mass is 10.1. The summed E-state index contributed by atoms with van der Waals surface area (Å²) >= 11 is 1.55. The molecular weight excluding hydrogens is 536 g/mol. The summed E-state index contributed by atoms with van der Waals surface area (Å²) in [6.45, 7) is 6.46. The monoisotopic (exact) mass is 568 g/mol. The number of benzene rings is 1. The first-order valence-electron chi connectivity index (χ1n) is 13.5. The van der Waals surface area contributed by atoms with E-state index in [4.69, 9.17) is 15.0 Å². The van der Waals surface area contributed by atoms with Crippen LogP contribution in [0.4, 0.5) is 17.6 Å². The fraction of sp³-hybridized carbons (Fsp3) is 0.310. The second-order valence-corrected chi connectivity index (χ2v) is 11.5. The zero-order chi connectivity index (χ0) is 28.5. The molecule has 1 aliphatic heterocycles. The van der Waals surface area contributed by atoms with E-state index in [0.717, 1.165) is 65.2 Å². The molecule has 0 aliphatic carbocycles. The molecule has 0 radical (unpaired) electrons. The second-order valence-electron chi connectivity index (χ2n) is 10.4. The molecule has 6 rings (SSSR count). The van der Waals surface area contributed by atoms with Crippen LogP contribution in [0.1, 0.15) is 21.6 Å². The summed E-state index contributed by atoms with van der Waals surface area (Å²) in [7, 11) is 5.45. The highest BCUT2D eigenvalue weighted by Crippen LogP contribution is 2.32. The predicted octanol–water partition coefficient (Wildman–Crippen LogP) is 3.96. The molecule has 1 aliphatic rings. The first-order chi connectivity index (χ1) is 19.8. The van der Waals surface area contributed by atoms with Crippen molar-refractivity contribution in [3.63, 3.8) is 0 Å². The topological polar surface area (TPSA) is 108 Å². The first-order valence-corrected chi connectivity index (χ1v) is 14.3. The molecule has 11 nitrogen and oxygen atoms in total. The third kappa shape index (κ3) is 6.03. The second kappa shape index (κ2) is 11.2. The Bertz CT molecular complexity index is 1700. The van der Waals surface area contributed by atoms with Gasteiger partial charge in [-0.1, -0.05) is 12.1 Å². The number of aromatic nitrogens is 6. The maximum atomic E-state index is 12.4. The summed E-state index contributed by atoms with van der Waals surface area (Å²) in [6.07, 6.45) is 5.82. The van der Waals surface area contributed by atoms with Crippen molar-refractivity contribution < 1.29 is 4.79 Å². The standard InChI is InChI=1S/C29H32N10OS/c1-19-12-26(35-29(32-19)39-10-8-38(9-11-39)18-20-15-31-37(4)17-20)34-25-14-23-24(16-30-25)41-27(33-23)21-6-5-7-22(13-21)28(40)36(2)3/h5-7,12-17H,8-11,18H2,1-4H3,(H,30,32,34,35). The zero-order valence-electron chi connectivity index (χ0n) is 23.6. The Kier molecular flexibility index (Phi) is 7.33. The molecule has 0 unspecified atom stereocenters. The number of fused-ring (bicyclic) bond motifs is 1. The maximum absolute atomic E-state index is 12.4. The van der Waals surface area contributed by atoms with Crippen LogP contribution in [0.5, 0.6) is 0 Å². The Hall–Kier alpha value is -4.42. The molecule has 1 amide bonds. The minimum Gasteiger partial charge on any atom is -0.345 e. The van der Waals surface area contributed by atoms with Crippen LogP contribution in [0.3, 0.4) is 0 Å². The van der Waals surface area contributed by atoms with Crippen LogP contribution in [0.2, 0.25) is 0 Å². The Morgan fingerprint density at radius 2 is 1.85 bits per heavy atom. The number of pyridine rings is 1. The molecule has 1 N–H and O–H groups in total. The van der Waals surface area contributed by atoms with Gasteiger partial charge in [0.1, 0.15) is 16.6 Å². The molecule has 0 atom stereocenters. The highest BCUT2D eigenvalue weighted by molar-refractivity contribution is 7.21. The number of hydrogen-bond donors (Lipinski definition) is 1. The van der Waals surface area contributed by atoms with E-state index in [2.05, 4.69) is 31.4 Å². The van der Waals surface area contributed by atoms with E-state index < -0.39 is 0 Å². The molecule has 210 valence electrons. The van der Waals surface area contributed by atoms with Crippen molar-refractivity contribution in [3.8, 4) is 10.6 Å². The number of aryl methyl sites for hydroxylation is 2. The summed E-state index contributed by atoms with van der Waals surface area (Å²) in [5.41, 5.74) is 4.49. The summed E-state index contributed by atoms with van der Waals surface area (Å²) in [4.78, 5) is 37.6. The summed E-state index contributed by atoms with van der Waals surface area (Å²) in [5.74, 6) is 2.05. The van der Waals surface area contributed by atoms with Gasteiger partial charge in [-0.25, -0.2) is 15.0 Å². The summed E-state index contributed by atoms with van der Waals surface area (Å²) < 4.78 is 2.81. The van der Waals surface area contributed by atoms with E-state index >= 15 is 0 Å². The summed E-state index contributed by atoms with van der Waals surface area (Å²) in [6, 6.07) is 11.4. The van der Waals surface area contributed by atoms with Gasteiger partial charge in [0.2, 0.25) is 5.95 Å². The molecular formula is C29H32N10OS. The molecule has 5 aromatic rings. The van der Waals surface area contributed by atoms with Gasteiger partial charge in [0, 0.05) is 101 Å². The van der Waals surface area contributed by atoms with Crippen molar-refractivity contribution in [3.05, 3.63) is 71.8 Å². The molecule has 1 saturated heterocycles. The van der Waals surface area contributed by atoms with E-state index in [1.165, 1.54) is 5.56 Å². The molecule has 41 heavy (non-hydrogen) atoms. The quantitative estimate of drug-likeness (QED) is 0.312. The fourth-order valence-corrected chi connectivity index (χ4v) is 5.79. The Labute approximate surface area is 242 Å². The van der Waals surface area contributed by atoms with Gasteiger partial charge in [-0.2, -0.15) is 10.1 Å². The van der Waals surface area contributed by atoms with Gasteiger partial charge in [-0.3, -0.25) is 14.4 Å². The van der Waals surface area contributed by atoms with Crippen molar-refractivity contribution >= 4 is 45.0 Å². The van der Waals surface area contributed by atoms with Crippen LogP contribution in [0, 0.1) is 6.92 Å². The van der Waals surface area contributed by atoms with Crippen LogP contribution in [0.15, 0.2) is 55.0 Å². The zero-order valence-corrected chi connectivity index (χ0v) is 24.4. The number of carbonyl (C=O) groups excluding carboxylic acids is 1. The molecule has 0 bridgehead atoms. The first kappa shape index (κ1) is 26.8. The third-order valence-corrected chi connectivity index (χ3v) is 8.01. The number of amides is 1. The van der Waals surface area contributed by atoms with Crippen molar-refractivity contribution in [2.24, 2.45) is 7.05 Å². The number of thiazole rings is 1. The van der Waals surface area contributed by atoms with Crippen LogP contribution >= 0.6 is 11.3 Å². The molecule has 1 fully saturated rings. The highest BCUT2D eigenvalue weighted by atomic mass is 32.1. The number of hydrogen-bond acceptors (Lipinski definition) is 10. The Balaban J connectivity index is 1.15. The molecule has 0 saturated carbocycles. The predicted molar refractivity (Wildman–Crippen MR) is 162 cm³/mol. The van der Waals surface area contributed by atoms with E-state index in [0.29, 0.717) is 17.2 Å². The van der Waals surface area contributed by atoms with Crippen LogP contribution in [0.25, 0.3) is 20.8 Å². The molecule has 12 heteroatoms. The van der Waals surface area contributed by atoms with Gasteiger partial charge in [0.15, 0.2) is 0 Å². The Morgan fingerprint density at radius 1 is 1.02 bits per heavy atom. The molecule has 1 aromatic carbocycles. The van der Waals surface area contributed by atoms with E-state index in [9.17, 15) is 4.79 Å². The van der Waals surface area contributed by atoms with Gasteiger partial charge >= 0.3 is 0 Å². The number of nitrogens with zero attached hydrogens (tertiary/aromatic N) is 9. The van der Waals surface area contributed by atoms with Crippen LogP contribution < -0.4 is 10.2 Å². The number of carbonyl (C=O) groups is 1. The van der Waals surface area contributed by atoms with Gasteiger partial charge in [-0.15, -0.1) is 11.3 Å². The molecule has 0 spiro atoms. The highest BCUT2D eigenvalue weighted by Gasteiger charge is 2.20. The average molecular weight is 569 g/mol. The fourth-order valence-electron chi connectivity index (χ4n) is 4.88. The lowest BCUT2D eigenvalue weighted by molar-refractivity contribution is 0.0827. The van der Waals surface area contributed by atoms with Gasteiger partial charge in [0.05, 0.1) is 16.4 Å². The number of rotatable bonds is 7. The largest absolute Gasteiger partial charge is 0.345 e. The SMILES string of the molecule is Cc1cc(Nc2cc3nc(-c4cccc(C(=O)N(C)C)c4)sc3cn2)nc(N2CCN(Cc3cnn(C)c3)CC2)n1. The van der Waals surface area contributed by atoms with E-state index in [1.54, 1.807) is 30.3 Å². The number of anilines is 3. The van der Waals surface area contributed by atoms with Gasteiger partial charge in [-0.05, 0) is 19.1 Å². The van der Waals surface area contributed by atoms with Gasteiger partial charge < -0.3 is 15.1 Å². The third-order valence-electron chi connectivity index (χ3n) is 6.96. The smallest absolute Gasteiger partial charge is 0.253 e. The summed E-state index contributed by atoms with van der Waals surface area (Å²) in [5, 5.41) is 8.47. The maximum Gasteiger partial charge on any atom is 0.253 e. The minimum atomic E-state index is -0.0350. The average Bonchev–Trinajstić information content (AvgIpc) is 3.58. The Morgan fingerprint density at radius 3 is 2.61 bits per heavy atom. The lowest BCUT2D eigenvalue weighted by Crippen LogP contribution is -2.46. The van der Waals surface area contributed by atoms with E-state index in [-0.39, 0.29) is 5.91 Å². The van der Waals surface area contributed by atoms with Crippen molar-refractivity contribution in [1.82, 2.24) is 39.5 Å². The normalized spacial score (nSPS) is 14.0. The lowest BCUT2D eigenvalue weighted by Gasteiger charge is -2.34. The van der Waals surface area contributed by atoms with Crippen LogP contribution in [-0.2, 0) is 13.6 Å². The number of piperazine rings is 1. The van der Waals surface area contributed by atoms with Crippen molar-refractivity contribution in [2.45, 2.75) is 13.5 Å². The minimum absolute atomic E-state index is 0.0350. The number of nitrogens with one attached hydrogen (secondary N) is 1. The van der Waals surface area contributed by atoms with Crippen molar-refractivity contribution in [1.29, 1.82) is 0 Å². The van der Waals surface area contributed by atoms with E-state index in [1.807, 2.05) is 67.4 Å². The molecule has 5 heterocycles. The van der Waals surface area contributed by atoms with Gasteiger partial charge in [0.25, 0.3) is 5.91 Å².